The maximum atomic E-state index is 11.7. The number of carbonyl (C=O) groups excluding carboxylic acids is 1. The van der Waals surface area contributed by atoms with Gasteiger partial charge in [-0.25, -0.2) is 4.98 Å². The zero-order chi connectivity index (χ0) is 16.4. The second-order valence-corrected chi connectivity index (χ2v) is 7.11. The van der Waals surface area contributed by atoms with Gasteiger partial charge in [0, 0.05) is 26.1 Å². The van der Waals surface area contributed by atoms with E-state index in [0.717, 1.165) is 36.7 Å². The normalized spacial score (nSPS) is 14.5. The van der Waals surface area contributed by atoms with Gasteiger partial charge in [0.25, 0.3) is 0 Å². The average Bonchev–Trinajstić information content (AvgIpc) is 3.20. The molecule has 0 aliphatic carbocycles. The Morgan fingerprint density at radius 2 is 1.88 bits per heavy atom. The molecule has 0 saturated carbocycles. The third kappa shape index (κ3) is 3.26. The fourth-order valence-electron chi connectivity index (χ4n) is 2.98. The molecule has 0 spiro atoms. The quantitative estimate of drug-likeness (QED) is 0.764. The fourth-order valence-corrected chi connectivity index (χ4v) is 3.84. The van der Waals surface area contributed by atoms with Gasteiger partial charge < -0.3 is 10.2 Å². The Bertz CT molecular complexity index is 823. The van der Waals surface area contributed by atoms with Crippen LogP contribution in [0.4, 0.5) is 5.13 Å². The summed E-state index contributed by atoms with van der Waals surface area (Å²) in [6.45, 7) is 2.37. The number of nitrogens with zero attached hydrogens (tertiary/aromatic N) is 2. The highest BCUT2D eigenvalue weighted by Gasteiger charge is 2.19. The molecule has 4 rings (SSSR count). The van der Waals surface area contributed by atoms with E-state index in [0.29, 0.717) is 6.42 Å². The monoisotopic (exact) mass is 337 g/mol. The summed E-state index contributed by atoms with van der Waals surface area (Å²) in [4.78, 5) is 18.2. The van der Waals surface area contributed by atoms with Crippen molar-refractivity contribution in [1.82, 2.24) is 9.88 Å². The van der Waals surface area contributed by atoms with Crippen molar-refractivity contribution in [1.29, 1.82) is 0 Å². The van der Waals surface area contributed by atoms with Crippen LogP contribution in [0.3, 0.4) is 0 Å². The highest BCUT2D eigenvalue weighted by molar-refractivity contribution is 7.22. The molecule has 2 aromatic carbocycles. The van der Waals surface area contributed by atoms with Gasteiger partial charge in [0.1, 0.15) is 0 Å². The molecule has 5 heteroatoms. The largest absolute Gasteiger partial charge is 0.357 e. The van der Waals surface area contributed by atoms with Crippen LogP contribution in [0.1, 0.15) is 24.0 Å². The van der Waals surface area contributed by atoms with E-state index in [1.165, 1.54) is 15.8 Å². The Morgan fingerprint density at radius 3 is 2.62 bits per heavy atom. The maximum absolute atomic E-state index is 11.7. The zero-order valence-corrected chi connectivity index (χ0v) is 14.2. The number of carbonyl (C=O) groups is 1. The van der Waals surface area contributed by atoms with E-state index in [-0.39, 0.29) is 5.91 Å². The molecule has 2 heterocycles. The van der Waals surface area contributed by atoms with Gasteiger partial charge in [-0.05, 0) is 29.7 Å². The summed E-state index contributed by atoms with van der Waals surface area (Å²) < 4.78 is 1.20. The van der Waals surface area contributed by atoms with Crippen molar-refractivity contribution in [2.45, 2.75) is 25.9 Å². The summed E-state index contributed by atoms with van der Waals surface area (Å²) in [5.74, 6) is 0.275. The standard InChI is InChI=1S/C19H19N3OS/c23-18-6-3-11-22(18)13-15-9-7-14(8-10-15)12-20-19-21-16-4-1-2-5-17(16)24-19/h1-2,4-5,7-10H,3,6,11-13H2,(H,20,21). The van der Waals surface area contributed by atoms with Crippen LogP contribution in [0.5, 0.6) is 0 Å². The summed E-state index contributed by atoms with van der Waals surface area (Å²) in [6, 6.07) is 16.6. The van der Waals surface area contributed by atoms with E-state index >= 15 is 0 Å². The van der Waals surface area contributed by atoms with Crippen molar-refractivity contribution >= 4 is 32.6 Å². The van der Waals surface area contributed by atoms with Crippen molar-refractivity contribution in [2.24, 2.45) is 0 Å². The van der Waals surface area contributed by atoms with Gasteiger partial charge >= 0.3 is 0 Å². The topological polar surface area (TPSA) is 45.2 Å². The number of likely N-dealkylation sites (tertiary alicyclic amines) is 1. The second-order valence-electron chi connectivity index (χ2n) is 6.08. The Kier molecular flexibility index (Phi) is 4.17. The molecule has 1 N–H and O–H groups in total. The van der Waals surface area contributed by atoms with Crippen molar-refractivity contribution in [3.63, 3.8) is 0 Å². The molecule has 1 amide bonds. The molecule has 0 radical (unpaired) electrons. The average molecular weight is 337 g/mol. The van der Waals surface area contributed by atoms with E-state index < -0.39 is 0 Å². The first kappa shape index (κ1) is 15.1. The zero-order valence-electron chi connectivity index (χ0n) is 13.4. The van der Waals surface area contributed by atoms with Crippen molar-refractivity contribution in [3.05, 3.63) is 59.7 Å². The number of amides is 1. The minimum Gasteiger partial charge on any atom is -0.357 e. The van der Waals surface area contributed by atoms with E-state index in [4.69, 9.17) is 0 Å². The smallest absolute Gasteiger partial charge is 0.222 e. The number of hydrogen-bond donors (Lipinski definition) is 1. The van der Waals surface area contributed by atoms with E-state index in [2.05, 4.69) is 40.6 Å². The maximum Gasteiger partial charge on any atom is 0.222 e. The summed E-state index contributed by atoms with van der Waals surface area (Å²) in [5, 5.41) is 4.34. The van der Waals surface area contributed by atoms with Crippen LogP contribution in [0.15, 0.2) is 48.5 Å². The molecule has 1 aliphatic heterocycles. The molecule has 1 saturated heterocycles. The molecule has 1 aliphatic rings. The number of fused-ring (bicyclic) bond motifs is 1. The second kappa shape index (κ2) is 6.61. The van der Waals surface area contributed by atoms with Crippen LogP contribution in [0.2, 0.25) is 0 Å². The first-order chi connectivity index (χ1) is 11.8. The molecular weight excluding hydrogens is 318 g/mol. The van der Waals surface area contributed by atoms with Crippen LogP contribution >= 0.6 is 11.3 Å². The number of thiazole rings is 1. The van der Waals surface area contributed by atoms with Gasteiger partial charge in [0.2, 0.25) is 5.91 Å². The van der Waals surface area contributed by atoms with Gasteiger partial charge in [0.15, 0.2) is 5.13 Å². The van der Waals surface area contributed by atoms with E-state index in [1.54, 1.807) is 11.3 Å². The lowest BCUT2D eigenvalue weighted by Gasteiger charge is -2.15. The van der Waals surface area contributed by atoms with E-state index in [9.17, 15) is 4.79 Å². The lowest BCUT2D eigenvalue weighted by molar-refractivity contribution is -0.128. The number of hydrogen-bond acceptors (Lipinski definition) is 4. The van der Waals surface area contributed by atoms with Gasteiger partial charge in [0.05, 0.1) is 10.2 Å². The van der Waals surface area contributed by atoms with Crippen LogP contribution in [0.25, 0.3) is 10.2 Å². The fraction of sp³-hybridized carbons (Fsp3) is 0.263. The Labute approximate surface area is 145 Å². The molecule has 122 valence electrons. The number of para-hydroxylation sites is 1. The molecule has 4 nitrogen and oxygen atoms in total. The number of nitrogens with one attached hydrogen (secondary N) is 1. The van der Waals surface area contributed by atoms with Crippen molar-refractivity contribution < 1.29 is 4.79 Å². The molecular formula is C19H19N3OS. The predicted octanol–water partition coefficient (Wildman–Crippen LogP) is 4.03. The summed E-state index contributed by atoms with van der Waals surface area (Å²) in [5.41, 5.74) is 3.44. The minimum absolute atomic E-state index is 0.275. The van der Waals surface area contributed by atoms with Gasteiger partial charge in [-0.3, -0.25) is 4.79 Å². The van der Waals surface area contributed by atoms with Crippen LogP contribution in [-0.4, -0.2) is 22.3 Å². The Hall–Kier alpha value is -2.40. The van der Waals surface area contributed by atoms with Crippen molar-refractivity contribution in [3.8, 4) is 0 Å². The summed E-state index contributed by atoms with van der Waals surface area (Å²) >= 11 is 1.67. The highest BCUT2D eigenvalue weighted by Crippen LogP contribution is 2.25. The third-order valence-electron chi connectivity index (χ3n) is 4.31. The number of rotatable bonds is 5. The highest BCUT2D eigenvalue weighted by atomic mass is 32.1. The molecule has 0 unspecified atom stereocenters. The van der Waals surface area contributed by atoms with E-state index in [1.807, 2.05) is 23.1 Å². The van der Waals surface area contributed by atoms with Gasteiger partial charge in [-0.2, -0.15) is 0 Å². The third-order valence-corrected chi connectivity index (χ3v) is 5.30. The summed E-state index contributed by atoms with van der Waals surface area (Å²) in [6.07, 6.45) is 1.69. The van der Waals surface area contributed by atoms with Crippen LogP contribution < -0.4 is 5.32 Å². The predicted molar refractivity (Wildman–Crippen MR) is 98.0 cm³/mol. The molecule has 24 heavy (non-hydrogen) atoms. The molecule has 3 aromatic rings. The number of anilines is 1. The van der Waals surface area contributed by atoms with Gasteiger partial charge in [-0.15, -0.1) is 0 Å². The number of aromatic nitrogens is 1. The van der Waals surface area contributed by atoms with Crippen LogP contribution in [0, 0.1) is 0 Å². The van der Waals surface area contributed by atoms with Crippen LogP contribution in [-0.2, 0) is 17.9 Å². The van der Waals surface area contributed by atoms with Crippen molar-refractivity contribution in [2.75, 3.05) is 11.9 Å². The first-order valence-electron chi connectivity index (χ1n) is 8.23. The Morgan fingerprint density at radius 1 is 1.08 bits per heavy atom. The molecule has 0 bridgehead atoms. The Balaban J connectivity index is 1.37. The summed E-state index contributed by atoms with van der Waals surface area (Å²) in [7, 11) is 0. The minimum atomic E-state index is 0.275. The molecule has 1 fully saturated rings. The SMILES string of the molecule is O=C1CCCN1Cc1ccc(CNc2nc3ccccc3s2)cc1. The first-order valence-corrected chi connectivity index (χ1v) is 9.05. The molecule has 0 atom stereocenters. The molecule has 1 aromatic heterocycles. The lowest BCUT2D eigenvalue weighted by atomic mass is 10.1. The lowest BCUT2D eigenvalue weighted by Crippen LogP contribution is -2.23. The number of benzene rings is 2. The van der Waals surface area contributed by atoms with Gasteiger partial charge in [-0.1, -0.05) is 47.7 Å².